The first-order valence-electron chi connectivity index (χ1n) is 6.89. The first-order chi connectivity index (χ1) is 8.09. The molecule has 17 heavy (non-hydrogen) atoms. The Morgan fingerprint density at radius 2 is 1.41 bits per heavy atom. The lowest BCUT2D eigenvalue weighted by molar-refractivity contribution is -0.131. The number of rotatable bonds is 11. The van der Waals surface area contributed by atoms with Crippen molar-refractivity contribution in [1.82, 2.24) is 0 Å². The lowest BCUT2D eigenvalue weighted by atomic mass is 9.96. The van der Waals surface area contributed by atoms with E-state index in [4.69, 9.17) is 5.73 Å². The van der Waals surface area contributed by atoms with Gasteiger partial charge in [-0.05, 0) is 13.3 Å². The van der Waals surface area contributed by atoms with Gasteiger partial charge in [0.2, 0.25) is 5.91 Å². The van der Waals surface area contributed by atoms with Gasteiger partial charge in [-0.3, -0.25) is 9.59 Å². The molecule has 0 aromatic heterocycles. The largest absolute Gasteiger partial charge is 0.369 e. The van der Waals surface area contributed by atoms with E-state index in [1.54, 1.807) is 0 Å². The molecule has 0 heterocycles. The number of carbonyl (C=O) groups excluding carboxylic acids is 2. The van der Waals surface area contributed by atoms with Crippen LogP contribution in [0, 0.1) is 5.92 Å². The lowest BCUT2D eigenvalue weighted by Gasteiger charge is -2.09. The minimum Gasteiger partial charge on any atom is -0.369 e. The predicted molar refractivity (Wildman–Crippen MR) is 70.6 cm³/mol. The van der Waals surface area contributed by atoms with Crippen LogP contribution in [0.15, 0.2) is 0 Å². The maximum Gasteiger partial charge on any atom is 0.227 e. The summed E-state index contributed by atoms with van der Waals surface area (Å²) < 4.78 is 0. The molecule has 1 atom stereocenters. The molecule has 0 fully saturated rings. The fourth-order valence-corrected chi connectivity index (χ4v) is 2.03. The normalized spacial score (nSPS) is 12.4. The Bertz CT molecular complexity index is 212. The third kappa shape index (κ3) is 8.90. The standard InChI is InChI=1S/C14H27NO2/c1-3-4-5-6-7-8-9-10-11-13(12(2)16)14(15)17/h13H,3-11H2,1-2H3,(H2,15,17). The molecule has 0 aliphatic rings. The second-order valence-corrected chi connectivity index (χ2v) is 4.83. The molecule has 0 spiro atoms. The number of ketones is 1. The third-order valence-electron chi connectivity index (χ3n) is 3.18. The summed E-state index contributed by atoms with van der Waals surface area (Å²) in [5, 5.41) is 0. The van der Waals surface area contributed by atoms with Crippen LogP contribution in [0.3, 0.4) is 0 Å². The summed E-state index contributed by atoms with van der Waals surface area (Å²) >= 11 is 0. The van der Waals surface area contributed by atoms with Crippen molar-refractivity contribution in [3.63, 3.8) is 0 Å². The monoisotopic (exact) mass is 241 g/mol. The Hall–Kier alpha value is -0.860. The van der Waals surface area contributed by atoms with E-state index in [-0.39, 0.29) is 5.78 Å². The fraction of sp³-hybridized carbons (Fsp3) is 0.857. The Morgan fingerprint density at radius 1 is 0.941 bits per heavy atom. The molecule has 0 aliphatic carbocycles. The molecule has 0 rings (SSSR count). The Labute approximate surface area is 105 Å². The quantitative estimate of drug-likeness (QED) is 0.446. The maximum atomic E-state index is 11.1. The van der Waals surface area contributed by atoms with E-state index in [0.29, 0.717) is 6.42 Å². The van der Waals surface area contributed by atoms with Crippen LogP contribution < -0.4 is 5.73 Å². The van der Waals surface area contributed by atoms with Gasteiger partial charge in [0.15, 0.2) is 0 Å². The minimum atomic E-state index is -0.560. The molecule has 0 saturated carbocycles. The van der Waals surface area contributed by atoms with E-state index in [0.717, 1.165) is 12.8 Å². The molecule has 100 valence electrons. The summed E-state index contributed by atoms with van der Waals surface area (Å²) in [4.78, 5) is 22.1. The van der Waals surface area contributed by atoms with Crippen molar-refractivity contribution >= 4 is 11.7 Å². The van der Waals surface area contributed by atoms with Crippen molar-refractivity contribution in [2.45, 2.75) is 71.6 Å². The van der Waals surface area contributed by atoms with Crippen molar-refractivity contribution in [3.8, 4) is 0 Å². The van der Waals surface area contributed by atoms with Gasteiger partial charge in [0.05, 0.1) is 5.92 Å². The molecular weight excluding hydrogens is 214 g/mol. The average molecular weight is 241 g/mol. The summed E-state index contributed by atoms with van der Waals surface area (Å²) in [6, 6.07) is 0. The Morgan fingerprint density at radius 3 is 1.82 bits per heavy atom. The molecule has 0 aromatic carbocycles. The fourth-order valence-electron chi connectivity index (χ4n) is 2.03. The van der Waals surface area contributed by atoms with Crippen LogP contribution in [0.25, 0.3) is 0 Å². The van der Waals surface area contributed by atoms with Gasteiger partial charge < -0.3 is 5.73 Å². The van der Waals surface area contributed by atoms with E-state index >= 15 is 0 Å². The van der Waals surface area contributed by atoms with Crippen molar-refractivity contribution in [1.29, 1.82) is 0 Å². The first-order valence-corrected chi connectivity index (χ1v) is 6.89. The summed E-state index contributed by atoms with van der Waals surface area (Å²) in [5.74, 6) is -1.13. The number of Topliss-reactive ketones (excluding diaryl/α,β-unsaturated/α-hetero) is 1. The van der Waals surface area contributed by atoms with Crippen LogP contribution in [0.4, 0.5) is 0 Å². The summed E-state index contributed by atoms with van der Waals surface area (Å²) in [5.41, 5.74) is 5.17. The SMILES string of the molecule is CCCCCCCCCCC(C(C)=O)C(N)=O. The molecule has 0 aliphatic heterocycles. The number of carbonyl (C=O) groups is 2. The van der Waals surface area contributed by atoms with Crippen molar-refractivity contribution in [3.05, 3.63) is 0 Å². The lowest BCUT2D eigenvalue weighted by Crippen LogP contribution is -2.28. The number of primary amides is 1. The molecular formula is C14H27NO2. The number of amides is 1. The van der Waals surface area contributed by atoms with Gasteiger partial charge in [-0.1, -0.05) is 58.3 Å². The Balaban J connectivity index is 3.43. The molecule has 0 saturated heterocycles. The zero-order valence-corrected chi connectivity index (χ0v) is 11.3. The smallest absolute Gasteiger partial charge is 0.227 e. The van der Waals surface area contributed by atoms with Gasteiger partial charge in [0.1, 0.15) is 5.78 Å². The summed E-state index contributed by atoms with van der Waals surface area (Å²) in [7, 11) is 0. The van der Waals surface area contributed by atoms with Crippen LogP contribution >= 0.6 is 0 Å². The van der Waals surface area contributed by atoms with E-state index in [1.807, 2.05) is 0 Å². The van der Waals surface area contributed by atoms with Gasteiger partial charge in [0, 0.05) is 0 Å². The molecule has 0 bridgehead atoms. The molecule has 3 nitrogen and oxygen atoms in total. The molecule has 1 amide bonds. The zero-order valence-electron chi connectivity index (χ0n) is 11.3. The van der Waals surface area contributed by atoms with Gasteiger partial charge in [0.25, 0.3) is 0 Å². The van der Waals surface area contributed by atoms with Crippen LogP contribution in [0.2, 0.25) is 0 Å². The first kappa shape index (κ1) is 16.1. The average Bonchev–Trinajstić information content (AvgIpc) is 2.26. The van der Waals surface area contributed by atoms with Gasteiger partial charge >= 0.3 is 0 Å². The number of hydrogen-bond acceptors (Lipinski definition) is 2. The highest BCUT2D eigenvalue weighted by molar-refractivity contribution is 5.99. The molecule has 0 aromatic rings. The molecule has 2 N–H and O–H groups in total. The van der Waals surface area contributed by atoms with Gasteiger partial charge in [-0.2, -0.15) is 0 Å². The van der Waals surface area contributed by atoms with Gasteiger partial charge in [-0.25, -0.2) is 0 Å². The Kier molecular flexibility index (Phi) is 9.78. The molecule has 3 heteroatoms. The minimum absolute atomic E-state index is 0.0968. The molecule has 0 radical (unpaired) electrons. The highest BCUT2D eigenvalue weighted by atomic mass is 16.2. The number of unbranched alkanes of at least 4 members (excludes halogenated alkanes) is 7. The van der Waals surface area contributed by atoms with E-state index in [9.17, 15) is 9.59 Å². The van der Waals surface area contributed by atoms with Crippen LogP contribution in [-0.2, 0) is 9.59 Å². The summed E-state index contributed by atoms with van der Waals surface area (Å²) in [6.07, 6.45) is 10.4. The number of nitrogens with two attached hydrogens (primary N) is 1. The van der Waals surface area contributed by atoms with E-state index in [2.05, 4.69) is 6.92 Å². The van der Waals surface area contributed by atoms with Crippen molar-refractivity contribution in [2.75, 3.05) is 0 Å². The summed E-state index contributed by atoms with van der Waals surface area (Å²) in [6.45, 7) is 3.66. The maximum absolute atomic E-state index is 11.1. The van der Waals surface area contributed by atoms with Crippen molar-refractivity contribution in [2.24, 2.45) is 11.7 Å². The van der Waals surface area contributed by atoms with Crippen LogP contribution in [0.1, 0.15) is 71.6 Å². The second kappa shape index (κ2) is 10.3. The second-order valence-electron chi connectivity index (χ2n) is 4.83. The van der Waals surface area contributed by atoms with E-state index < -0.39 is 11.8 Å². The predicted octanol–water partition coefficient (Wildman–Crippen LogP) is 3.21. The highest BCUT2D eigenvalue weighted by Gasteiger charge is 2.19. The third-order valence-corrected chi connectivity index (χ3v) is 3.18. The zero-order chi connectivity index (χ0) is 13.1. The van der Waals surface area contributed by atoms with E-state index in [1.165, 1.54) is 45.4 Å². The topological polar surface area (TPSA) is 60.2 Å². The van der Waals surface area contributed by atoms with Crippen LogP contribution in [0.5, 0.6) is 0 Å². The van der Waals surface area contributed by atoms with Gasteiger partial charge in [-0.15, -0.1) is 0 Å². The molecule has 1 unspecified atom stereocenters. The number of hydrogen-bond donors (Lipinski definition) is 1. The highest BCUT2D eigenvalue weighted by Crippen LogP contribution is 2.13. The van der Waals surface area contributed by atoms with Crippen molar-refractivity contribution < 1.29 is 9.59 Å². The van der Waals surface area contributed by atoms with Crippen LogP contribution in [-0.4, -0.2) is 11.7 Å².